The fraction of sp³-hybridized carbons (Fsp3) is 0.600. The number of pyridine rings is 1. The second kappa shape index (κ2) is 7.16. The van der Waals surface area contributed by atoms with Gasteiger partial charge >= 0.3 is 0 Å². The van der Waals surface area contributed by atoms with E-state index in [-0.39, 0.29) is 29.0 Å². The average Bonchev–Trinajstić information content (AvgIpc) is 2.96. The van der Waals surface area contributed by atoms with Gasteiger partial charge in [-0.15, -0.1) is 0 Å². The number of nitrogens with one attached hydrogen (secondary N) is 2. The first-order valence-corrected chi connectivity index (χ1v) is 10.0. The van der Waals surface area contributed by atoms with Crippen molar-refractivity contribution >= 4 is 17.6 Å². The Morgan fingerprint density at radius 2 is 1.86 bits per heavy atom. The van der Waals surface area contributed by atoms with E-state index in [0.29, 0.717) is 37.3 Å². The molecular formula is C20H27N5O3. The summed E-state index contributed by atoms with van der Waals surface area (Å²) in [4.78, 5) is 44.7. The number of piperidine rings is 2. The van der Waals surface area contributed by atoms with Crippen molar-refractivity contribution < 1.29 is 9.59 Å². The third-order valence-corrected chi connectivity index (χ3v) is 6.22. The lowest BCUT2D eigenvalue weighted by molar-refractivity contribution is -0.125. The lowest BCUT2D eigenvalue weighted by Crippen LogP contribution is -2.51. The van der Waals surface area contributed by atoms with Crippen LogP contribution >= 0.6 is 0 Å². The molecule has 2 fully saturated rings. The average molecular weight is 385 g/mol. The van der Waals surface area contributed by atoms with Gasteiger partial charge in [0.15, 0.2) is 0 Å². The Hall–Kier alpha value is -2.48. The van der Waals surface area contributed by atoms with Crippen LogP contribution in [0, 0.1) is 6.92 Å². The Labute approximate surface area is 164 Å². The number of nitrogens with zero attached hydrogens (tertiary/aromatic N) is 3. The Balaban J connectivity index is 1.56. The molecule has 3 aliphatic heterocycles. The lowest BCUT2D eigenvalue weighted by atomic mass is 9.87. The molecule has 2 N–H and O–H groups in total. The number of aryl methyl sites for hydroxylation is 1. The number of hydrogen-bond acceptors (Lipinski definition) is 5. The minimum absolute atomic E-state index is 0.0822. The van der Waals surface area contributed by atoms with Crippen LogP contribution in [-0.4, -0.2) is 58.8 Å². The molecule has 3 aliphatic rings. The van der Waals surface area contributed by atoms with Gasteiger partial charge in [-0.3, -0.25) is 19.4 Å². The molecule has 1 aromatic rings. The number of carbonyl (C=O) groups excluding carboxylic acids is 2. The molecule has 150 valence electrons. The molecule has 0 radical (unpaired) electrons. The zero-order valence-corrected chi connectivity index (χ0v) is 16.5. The van der Waals surface area contributed by atoms with Gasteiger partial charge in [0.05, 0.1) is 0 Å². The minimum atomic E-state index is -0.748. The van der Waals surface area contributed by atoms with Gasteiger partial charge in [0, 0.05) is 25.3 Å². The van der Waals surface area contributed by atoms with Gasteiger partial charge in [0.25, 0.3) is 17.4 Å². The van der Waals surface area contributed by atoms with Gasteiger partial charge in [0.1, 0.15) is 16.9 Å². The first-order chi connectivity index (χ1) is 13.4. The van der Waals surface area contributed by atoms with Crippen LogP contribution in [0.15, 0.2) is 22.1 Å². The maximum Gasteiger partial charge on any atom is 0.263 e. The van der Waals surface area contributed by atoms with Gasteiger partial charge in [-0.05, 0) is 64.3 Å². The molecule has 0 atom stereocenters. The normalized spacial score (nSPS) is 22.3. The monoisotopic (exact) mass is 385 g/mol. The van der Waals surface area contributed by atoms with Crippen LogP contribution in [0.2, 0.25) is 0 Å². The zero-order valence-electron chi connectivity index (χ0n) is 16.5. The molecule has 0 aliphatic carbocycles. The number of carbonyl (C=O) groups is 2. The predicted octanol–water partition coefficient (Wildman–Crippen LogP) is 0.604. The van der Waals surface area contributed by atoms with E-state index in [9.17, 15) is 14.4 Å². The largest absolute Gasteiger partial charge is 0.338 e. The summed E-state index contributed by atoms with van der Waals surface area (Å²) >= 11 is 0. The van der Waals surface area contributed by atoms with Crippen LogP contribution in [0.3, 0.4) is 0 Å². The number of aliphatic imine (C=N–C) groups is 1. The maximum atomic E-state index is 13.2. The number of hydrogen-bond donors (Lipinski definition) is 2. The lowest BCUT2D eigenvalue weighted by Gasteiger charge is -2.35. The fourth-order valence-electron chi connectivity index (χ4n) is 4.53. The first-order valence-electron chi connectivity index (χ1n) is 10.0. The van der Waals surface area contributed by atoms with E-state index in [1.165, 1.54) is 0 Å². The van der Waals surface area contributed by atoms with Gasteiger partial charge < -0.3 is 20.1 Å². The molecule has 2 saturated heterocycles. The summed E-state index contributed by atoms with van der Waals surface area (Å²) in [6.07, 6.45) is 4.55. The molecule has 8 heteroatoms. The summed E-state index contributed by atoms with van der Waals surface area (Å²) in [5.41, 5.74) is 0.00665. The number of amides is 2. The third kappa shape index (κ3) is 3.15. The summed E-state index contributed by atoms with van der Waals surface area (Å²) in [6.45, 7) is 6.19. The molecule has 0 unspecified atom stereocenters. The molecule has 1 spiro atoms. The van der Waals surface area contributed by atoms with Gasteiger partial charge in [-0.2, -0.15) is 0 Å². The van der Waals surface area contributed by atoms with Gasteiger partial charge in [-0.1, -0.05) is 0 Å². The van der Waals surface area contributed by atoms with E-state index in [4.69, 9.17) is 0 Å². The molecule has 0 bridgehead atoms. The van der Waals surface area contributed by atoms with Crippen molar-refractivity contribution in [2.24, 2.45) is 4.99 Å². The molecule has 28 heavy (non-hydrogen) atoms. The third-order valence-electron chi connectivity index (χ3n) is 6.22. The smallest absolute Gasteiger partial charge is 0.263 e. The van der Waals surface area contributed by atoms with Crippen molar-refractivity contribution in [1.82, 2.24) is 20.1 Å². The van der Waals surface area contributed by atoms with E-state index in [1.807, 2.05) is 19.2 Å². The highest BCUT2D eigenvalue weighted by molar-refractivity contribution is 6.07. The van der Waals surface area contributed by atoms with Crippen molar-refractivity contribution in [2.75, 3.05) is 26.2 Å². The van der Waals surface area contributed by atoms with E-state index in [2.05, 4.69) is 15.6 Å². The second-order valence-electron chi connectivity index (χ2n) is 8.04. The Morgan fingerprint density at radius 3 is 2.46 bits per heavy atom. The number of amidine groups is 1. The standard InChI is InChI=1S/C20H27N5O3/c1-13-5-10-25(15-3-8-21-9-4-15)18(27)16(13)17(26)24-11-6-20(7-12-24)19(28)22-14(2)23-20/h5,10,15,21H,3-4,6-9,11-12H2,1-2H3,(H,22,23,28). The van der Waals surface area contributed by atoms with Crippen molar-refractivity contribution in [3.63, 3.8) is 0 Å². The van der Waals surface area contributed by atoms with Crippen LogP contribution in [0.5, 0.6) is 0 Å². The molecule has 2 amide bonds. The zero-order chi connectivity index (χ0) is 19.9. The SMILES string of the molecule is CC1=NC2(CCN(C(=O)c3c(C)ccn(C4CCNCC4)c3=O)CC2)C(=O)N1. The second-order valence-corrected chi connectivity index (χ2v) is 8.04. The van der Waals surface area contributed by atoms with E-state index >= 15 is 0 Å². The van der Waals surface area contributed by atoms with Crippen LogP contribution < -0.4 is 16.2 Å². The Kier molecular flexibility index (Phi) is 4.82. The summed E-state index contributed by atoms with van der Waals surface area (Å²) in [5.74, 6) is 0.314. The molecular weight excluding hydrogens is 358 g/mol. The Morgan fingerprint density at radius 1 is 1.18 bits per heavy atom. The highest BCUT2D eigenvalue weighted by atomic mass is 16.2. The number of likely N-dealkylation sites (tertiary alicyclic amines) is 1. The number of aromatic nitrogens is 1. The molecule has 1 aromatic heterocycles. The minimum Gasteiger partial charge on any atom is -0.338 e. The summed E-state index contributed by atoms with van der Waals surface area (Å²) in [7, 11) is 0. The molecule has 0 aromatic carbocycles. The first kappa shape index (κ1) is 18.9. The molecule has 8 nitrogen and oxygen atoms in total. The van der Waals surface area contributed by atoms with Crippen molar-refractivity contribution in [3.8, 4) is 0 Å². The predicted molar refractivity (Wildman–Crippen MR) is 106 cm³/mol. The van der Waals surface area contributed by atoms with Crippen molar-refractivity contribution in [1.29, 1.82) is 0 Å². The van der Waals surface area contributed by atoms with Crippen LogP contribution in [0.4, 0.5) is 0 Å². The Bertz CT molecular complexity index is 890. The van der Waals surface area contributed by atoms with Gasteiger partial charge in [-0.25, -0.2) is 0 Å². The van der Waals surface area contributed by atoms with E-state index in [0.717, 1.165) is 25.9 Å². The van der Waals surface area contributed by atoms with E-state index < -0.39 is 5.54 Å². The molecule has 4 heterocycles. The topological polar surface area (TPSA) is 95.8 Å². The summed E-state index contributed by atoms with van der Waals surface area (Å²) in [5, 5.41) is 6.07. The summed E-state index contributed by atoms with van der Waals surface area (Å²) < 4.78 is 1.73. The fourth-order valence-corrected chi connectivity index (χ4v) is 4.53. The highest BCUT2D eigenvalue weighted by Gasteiger charge is 2.45. The van der Waals surface area contributed by atoms with Crippen LogP contribution in [0.25, 0.3) is 0 Å². The van der Waals surface area contributed by atoms with E-state index in [1.54, 1.807) is 16.4 Å². The van der Waals surface area contributed by atoms with Crippen LogP contribution in [0.1, 0.15) is 54.6 Å². The quantitative estimate of drug-likeness (QED) is 0.779. The summed E-state index contributed by atoms with van der Waals surface area (Å²) in [6, 6.07) is 1.99. The number of rotatable bonds is 2. The molecule has 4 rings (SSSR count). The van der Waals surface area contributed by atoms with Crippen molar-refractivity contribution in [3.05, 3.63) is 33.7 Å². The van der Waals surface area contributed by atoms with Crippen LogP contribution in [-0.2, 0) is 4.79 Å². The van der Waals surface area contributed by atoms with Gasteiger partial charge in [0.2, 0.25) is 0 Å². The molecule has 0 saturated carbocycles. The maximum absolute atomic E-state index is 13.2. The highest BCUT2D eigenvalue weighted by Crippen LogP contribution is 2.30. The van der Waals surface area contributed by atoms with Crippen molar-refractivity contribution in [2.45, 2.75) is 51.1 Å².